The van der Waals surface area contributed by atoms with Gasteiger partial charge in [-0.3, -0.25) is 4.79 Å². The number of amides is 1. The number of imidazole rings is 1. The van der Waals surface area contributed by atoms with Crippen molar-refractivity contribution in [2.45, 2.75) is 32.0 Å². The van der Waals surface area contributed by atoms with E-state index in [1.807, 2.05) is 18.5 Å². The van der Waals surface area contributed by atoms with E-state index in [-0.39, 0.29) is 5.91 Å². The van der Waals surface area contributed by atoms with Gasteiger partial charge in [-0.2, -0.15) is 0 Å². The molecule has 6 nitrogen and oxygen atoms in total. The number of rotatable bonds is 3. The molecule has 21 heavy (non-hydrogen) atoms. The molecule has 1 amide bonds. The summed E-state index contributed by atoms with van der Waals surface area (Å²) in [7, 11) is 0. The lowest BCUT2D eigenvalue weighted by molar-refractivity contribution is 0.0956. The van der Waals surface area contributed by atoms with Gasteiger partial charge in [0.15, 0.2) is 0 Å². The van der Waals surface area contributed by atoms with E-state index in [9.17, 15) is 4.79 Å². The number of nitrogens with one attached hydrogen (secondary N) is 1. The Labute approximate surface area is 126 Å². The van der Waals surface area contributed by atoms with Crippen LogP contribution in [0.4, 0.5) is 10.7 Å². The molecule has 0 saturated heterocycles. The molecule has 0 aromatic carbocycles. The number of fused-ring (bicyclic) bond motifs is 1. The van der Waals surface area contributed by atoms with Crippen LogP contribution in [0.25, 0.3) is 0 Å². The minimum absolute atomic E-state index is 0.0373. The highest BCUT2D eigenvalue weighted by Gasteiger charge is 2.27. The van der Waals surface area contributed by atoms with Crippen LogP contribution in [0.3, 0.4) is 0 Å². The highest BCUT2D eigenvalue weighted by atomic mass is 32.1. The molecule has 110 valence electrons. The molecule has 1 aliphatic carbocycles. The van der Waals surface area contributed by atoms with E-state index in [0.717, 1.165) is 43.3 Å². The molecule has 1 aliphatic heterocycles. The highest BCUT2D eigenvalue weighted by Crippen LogP contribution is 2.34. The number of anilines is 2. The van der Waals surface area contributed by atoms with Crippen molar-refractivity contribution in [3.8, 4) is 0 Å². The molecule has 1 saturated carbocycles. The lowest BCUT2D eigenvalue weighted by atomic mass is 10.3. The molecule has 0 unspecified atom stereocenters. The van der Waals surface area contributed by atoms with Crippen LogP contribution in [-0.2, 0) is 13.1 Å². The van der Waals surface area contributed by atoms with Crippen molar-refractivity contribution in [1.82, 2.24) is 14.9 Å². The van der Waals surface area contributed by atoms with Crippen LogP contribution in [0.5, 0.6) is 0 Å². The van der Waals surface area contributed by atoms with E-state index in [1.54, 1.807) is 0 Å². The Balaban J connectivity index is 1.54. The average molecular weight is 303 g/mol. The molecule has 0 atom stereocenters. The fourth-order valence-corrected chi connectivity index (χ4v) is 3.57. The number of thiophene rings is 1. The molecule has 7 heteroatoms. The second-order valence-electron chi connectivity index (χ2n) is 5.58. The van der Waals surface area contributed by atoms with Crippen molar-refractivity contribution >= 4 is 27.9 Å². The average Bonchev–Trinajstić information content (AvgIpc) is 3.02. The summed E-state index contributed by atoms with van der Waals surface area (Å²) in [6.45, 7) is 2.58. The van der Waals surface area contributed by atoms with Gasteiger partial charge in [0.25, 0.3) is 5.91 Å². The summed E-state index contributed by atoms with van der Waals surface area (Å²) in [6.07, 6.45) is 6.00. The van der Waals surface area contributed by atoms with Crippen LogP contribution in [-0.4, -0.2) is 28.0 Å². The van der Waals surface area contributed by atoms with Gasteiger partial charge in [0.2, 0.25) is 0 Å². The fraction of sp³-hybridized carbons (Fsp3) is 0.429. The van der Waals surface area contributed by atoms with Crippen molar-refractivity contribution in [1.29, 1.82) is 0 Å². The van der Waals surface area contributed by atoms with Gasteiger partial charge < -0.3 is 20.5 Å². The third-order valence-corrected chi connectivity index (χ3v) is 5.13. The van der Waals surface area contributed by atoms with Crippen LogP contribution >= 0.6 is 11.3 Å². The maximum Gasteiger partial charge on any atom is 0.263 e. The summed E-state index contributed by atoms with van der Waals surface area (Å²) in [5, 5.41) is 4.04. The number of hydrogen-bond acceptors (Lipinski definition) is 5. The molecule has 0 radical (unpaired) electrons. The second kappa shape index (κ2) is 4.77. The largest absolute Gasteiger partial charge is 0.397 e. The van der Waals surface area contributed by atoms with Gasteiger partial charge in [0, 0.05) is 31.5 Å². The second-order valence-corrected chi connectivity index (χ2v) is 6.61. The maximum absolute atomic E-state index is 12.2. The van der Waals surface area contributed by atoms with Crippen molar-refractivity contribution in [2.24, 2.45) is 0 Å². The van der Waals surface area contributed by atoms with Gasteiger partial charge in [0.05, 0.1) is 17.2 Å². The van der Waals surface area contributed by atoms with Crippen molar-refractivity contribution in [2.75, 3.05) is 17.2 Å². The van der Waals surface area contributed by atoms with Crippen LogP contribution in [0.15, 0.2) is 18.5 Å². The van der Waals surface area contributed by atoms with Gasteiger partial charge in [0.1, 0.15) is 10.7 Å². The van der Waals surface area contributed by atoms with Crippen molar-refractivity contribution in [3.05, 3.63) is 29.2 Å². The van der Waals surface area contributed by atoms with Gasteiger partial charge >= 0.3 is 0 Å². The Hall–Kier alpha value is -2.02. The van der Waals surface area contributed by atoms with Gasteiger partial charge in [-0.1, -0.05) is 0 Å². The zero-order chi connectivity index (χ0) is 14.4. The number of aromatic nitrogens is 2. The van der Waals surface area contributed by atoms with E-state index in [1.165, 1.54) is 11.3 Å². The third kappa shape index (κ3) is 2.37. The fourth-order valence-electron chi connectivity index (χ4n) is 2.57. The van der Waals surface area contributed by atoms with Gasteiger partial charge in [-0.25, -0.2) is 4.98 Å². The monoisotopic (exact) mass is 303 g/mol. The predicted molar refractivity (Wildman–Crippen MR) is 82.5 cm³/mol. The smallest absolute Gasteiger partial charge is 0.263 e. The molecule has 0 spiro atoms. The SMILES string of the molecule is Nc1cc(N2CCn3ccnc3C2)sc1C(=O)NC1CC1. The first-order valence-electron chi connectivity index (χ1n) is 7.16. The minimum Gasteiger partial charge on any atom is -0.397 e. The van der Waals surface area contributed by atoms with Crippen LogP contribution in [0.2, 0.25) is 0 Å². The van der Waals surface area contributed by atoms with Crippen LogP contribution in [0, 0.1) is 0 Å². The molecule has 2 aromatic heterocycles. The lowest BCUT2D eigenvalue weighted by Gasteiger charge is -2.28. The van der Waals surface area contributed by atoms with Crippen LogP contribution in [0.1, 0.15) is 28.3 Å². The first kappa shape index (κ1) is 12.7. The molecular formula is C14H17N5OS. The molecule has 2 aliphatic rings. The molecule has 1 fully saturated rings. The molecule has 3 N–H and O–H groups in total. The van der Waals surface area contributed by atoms with Gasteiger partial charge in [-0.05, 0) is 18.9 Å². The first-order chi connectivity index (χ1) is 10.2. The lowest BCUT2D eigenvalue weighted by Crippen LogP contribution is -2.33. The number of carbonyl (C=O) groups is 1. The zero-order valence-corrected chi connectivity index (χ0v) is 12.4. The Bertz CT molecular complexity index is 687. The normalized spacial score (nSPS) is 17.6. The predicted octanol–water partition coefficient (Wildman–Crippen LogP) is 1.44. The van der Waals surface area contributed by atoms with E-state index in [2.05, 4.69) is 19.8 Å². The zero-order valence-electron chi connectivity index (χ0n) is 11.6. The van der Waals surface area contributed by atoms with Crippen molar-refractivity contribution < 1.29 is 4.79 Å². The topological polar surface area (TPSA) is 76.2 Å². The summed E-state index contributed by atoms with van der Waals surface area (Å²) in [5.74, 6) is 1.02. The number of nitrogens with zero attached hydrogens (tertiary/aromatic N) is 3. The molecule has 0 bridgehead atoms. The summed E-state index contributed by atoms with van der Waals surface area (Å²) in [4.78, 5) is 19.4. The molecular weight excluding hydrogens is 286 g/mol. The molecule has 2 aromatic rings. The van der Waals surface area contributed by atoms with E-state index in [4.69, 9.17) is 5.73 Å². The third-order valence-electron chi connectivity index (χ3n) is 3.92. The quantitative estimate of drug-likeness (QED) is 0.899. The van der Waals surface area contributed by atoms with E-state index in [0.29, 0.717) is 16.6 Å². The molecule has 4 rings (SSSR count). The Morgan fingerprint density at radius 1 is 1.43 bits per heavy atom. The number of nitrogen functional groups attached to an aromatic ring is 1. The molecule has 3 heterocycles. The Morgan fingerprint density at radius 2 is 2.29 bits per heavy atom. The minimum atomic E-state index is -0.0373. The summed E-state index contributed by atoms with van der Waals surface area (Å²) in [5.41, 5.74) is 6.59. The highest BCUT2D eigenvalue weighted by molar-refractivity contribution is 7.18. The summed E-state index contributed by atoms with van der Waals surface area (Å²) >= 11 is 1.47. The maximum atomic E-state index is 12.2. The standard InChI is InChI=1S/C14H17N5OS/c15-10-7-12(21-13(10)14(20)17-9-1-2-9)19-6-5-18-4-3-16-11(18)8-19/h3-4,7,9H,1-2,5-6,8,15H2,(H,17,20). The Kier molecular flexibility index (Phi) is 2.88. The first-order valence-corrected chi connectivity index (χ1v) is 7.97. The Morgan fingerprint density at radius 3 is 3.10 bits per heavy atom. The van der Waals surface area contributed by atoms with Crippen molar-refractivity contribution in [3.63, 3.8) is 0 Å². The van der Waals surface area contributed by atoms with Gasteiger partial charge in [-0.15, -0.1) is 11.3 Å². The number of hydrogen-bond donors (Lipinski definition) is 2. The summed E-state index contributed by atoms with van der Waals surface area (Å²) in [6, 6.07) is 2.26. The van der Waals surface area contributed by atoms with E-state index < -0.39 is 0 Å². The number of nitrogens with two attached hydrogens (primary N) is 1. The van der Waals surface area contributed by atoms with Crippen LogP contribution < -0.4 is 16.0 Å². The summed E-state index contributed by atoms with van der Waals surface area (Å²) < 4.78 is 2.16. The van der Waals surface area contributed by atoms with E-state index >= 15 is 0 Å². The number of carbonyl (C=O) groups excluding carboxylic acids is 1.